The second-order valence-electron chi connectivity index (χ2n) is 6.71. The van der Waals surface area contributed by atoms with Gasteiger partial charge in [0.25, 0.3) is 5.56 Å². The van der Waals surface area contributed by atoms with Gasteiger partial charge in [-0.3, -0.25) is 9.48 Å². The second kappa shape index (κ2) is 10.2. The van der Waals surface area contributed by atoms with Crippen molar-refractivity contribution in [3.05, 3.63) is 64.4 Å². The van der Waals surface area contributed by atoms with Crippen LogP contribution in [0.15, 0.2) is 47.6 Å². The molecule has 33 heavy (non-hydrogen) atoms. The number of carbonyl (C=O) groups excluding carboxylic acids is 1. The van der Waals surface area contributed by atoms with Gasteiger partial charge < -0.3 is 14.2 Å². The molecule has 2 heterocycles. The monoisotopic (exact) mass is 466 g/mol. The minimum absolute atomic E-state index is 0.0248. The van der Waals surface area contributed by atoms with E-state index in [1.54, 1.807) is 31.2 Å². The Balaban J connectivity index is 1.86. The summed E-state index contributed by atoms with van der Waals surface area (Å²) >= 11 is 0. The number of aromatic nitrogens is 4. The Morgan fingerprint density at radius 3 is 2.55 bits per heavy atom. The molecule has 1 aromatic carbocycles. The third-order valence-corrected chi connectivity index (χ3v) is 4.53. The number of hydrogen-bond donors (Lipinski definition) is 0. The molecule has 0 saturated heterocycles. The number of benzene rings is 1. The van der Waals surface area contributed by atoms with Gasteiger partial charge in [-0.1, -0.05) is 12.1 Å². The SMILES string of the molecule is CCOC(=O)/C=C/OCCn1nc(C(F)(F)F)c2c(=O)n(Cc3ccc(OC)cc3)ncc21. The first kappa shape index (κ1) is 23.8. The van der Waals surface area contributed by atoms with Crippen LogP contribution in [0.1, 0.15) is 18.2 Å². The van der Waals surface area contributed by atoms with E-state index in [-0.39, 0.29) is 31.8 Å². The van der Waals surface area contributed by atoms with Crippen LogP contribution in [0.4, 0.5) is 13.2 Å². The van der Waals surface area contributed by atoms with Gasteiger partial charge in [0.15, 0.2) is 5.69 Å². The van der Waals surface area contributed by atoms with E-state index < -0.39 is 28.8 Å². The normalized spacial score (nSPS) is 11.8. The maximum absolute atomic E-state index is 13.6. The molecule has 3 aromatic rings. The molecule has 3 rings (SSSR count). The smallest absolute Gasteiger partial charge is 0.435 e. The van der Waals surface area contributed by atoms with Crippen LogP contribution in [-0.2, 0) is 33.5 Å². The Labute approximate surface area is 186 Å². The molecule has 0 aliphatic heterocycles. The summed E-state index contributed by atoms with van der Waals surface area (Å²) < 4.78 is 57.6. The van der Waals surface area contributed by atoms with Crippen LogP contribution >= 0.6 is 0 Å². The van der Waals surface area contributed by atoms with Crippen LogP contribution in [0, 0.1) is 0 Å². The highest BCUT2D eigenvalue weighted by Crippen LogP contribution is 2.32. The molecule has 0 saturated carbocycles. The predicted molar refractivity (Wildman–Crippen MR) is 111 cm³/mol. The first-order chi connectivity index (χ1) is 15.7. The molecule has 0 radical (unpaired) electrons. The number of nitrogens with zero attached hydrogens (tertiary/aromatic N) is 4. The molecule has 0 atom stereocenters. The zero-order valence-corrected chi connectivity index (χ0v) is 17.8. The lowest BCUT2D eigenvalue weighted by molar-refractivity contribution is -0.140. The van der Waals surface area contributed by atoms with Crippen molar-refractivity contribution < 1.29 is 32.2 Å². The van der Waals surface area contributed by atoms with Gasteiger partial charge in [0.2, 0.25) is 0 Å². The number of hydrogen-bond acceptors (Lipinski definition) is 7. The molecule has 0 aliphatic carbocycles. The number of alkyl halides is 3. The number of halogens is 3. The summed E-state index contributed by atoms with van der Waals surface area (Å²) in [7, 11) is 1.51. The van der Waals surface area contributed by atoms with Gasteiger partial charge in [0.1, 0.15) is 17.7 Å². The van der Waals surface area contributed by atoms with Crippen LogP contribution in [0.2, 0.25) is 0 Å². The average Bonchev–Trinajstić information content (AvgIpc) is 3.16. The van der Waals surface area contributed by atoms with Crippen molar-refractivity contribution in [1.82, 2.24) is 19.6 Å². The lowest BCUT2D eigenvalue weighted by Crippen LogP contribution is -2.24. The Morgan fingerprint density at radius 2 is 1.91 bits per heavy atom. The molecule has 0 unspecified atom stereocenters. The molecule has 0 amide bonds. The Hall–Kier alpha value is -3.83. The first-order valence-electron chi connectivity index (χ1n) is 9.86. The molecular formula is C21H21F3N4O5. The zero-order chi connectivity index (χ0) is 24.0. The minimum atomic E-state index is -4.84. The average molecular weight is 466 g/mol. The van der Waals surface area contributed by atoms with Gasteiger partial charge in [0, 0.05) is 0 Å². The number of ether oxygens (including phenoxy) is 3. The summed E-state index contributed by atoms with van der Waals surface area (Å²) in [5.41, 5.74) is -1.62. The highest BCUT2D eigenvalue weighted by Gasteiger charge is 2.38. The lowest BCUT2D eigenvalue weighted by atomic mass is 10.2. The van der Waals surface area contributed by atoms with Crippen molar-refractivity contribution in [2.24, 2.45) is 0 Å². The van der Waals surface area contributed by atoms with Crippen molar-refractivity contribution in [2.75, 3.05) is 20.3 Å². The van der Waals surface area contributed by atoms with Gasteiger partial charge in [-0.2, -0.15) is 23.4 Å². The summed E-state index contributed by atoms with van der Waals surface area (Å²) in [6.45, 7) is 1.61. The van der Waals surface area contributed by atoms with E-state index in [0.717, 1.165) is 27.9 Å². The molecular weight excluding hydrogens is 445 g/mol. The van der Waals surface area contributed by atoms with E-state index in [2.05, 4.69) is 14.9 Å². The van der Waals surface area contributed by atoms with E-state index in [4.69, 9.17) is 9.47 Å². The molecule has 0 aliphatic rings. The summed E-state index contributed by atoms with van der Waals surface area (Å²) in [4.78, 5) is 24.1. The molecule has 2 aromatic heterocycles. The Morgan fingerprint density at radius 1 is 1.18 bits per heavy atom. The number of rotatable bonds is 9. The van der Waals surface area contributed by atoms with Crippen molar-refractivity contribution in [1.29, 1.82) is 0 Å². The fourth-order valence-corrected chi connectivity index (χ4v) is 3.01. The molecule has 0 spiro atoms. The van der Waals surface area contributed by atoms with Crippen molar-refractivity contribution in [3.8, 4) is 5.75 Å². The Bertz CT molecular complexity index is 1200. The fraction of sp³-hybridized carbons (Fsp3) is 0.333. The van der Waals surface area contributed by atoms with E-state index in [0.29, 0.717) is 11.3 Å². The third kappa shape index (κ3) is 5.70. The number of carbonyl (C=O) groups is 1. The van der Waals surface area contributed by atoms with E-state index in [9.17, 15) is 22.8 Å². The quantitative estimate of drug-likeness (QED) is 0.207. The number of methoxy groups -OCH3 is 1. The van der Waals surface area contributed by atoms with Gasteiger partial charge in [-0.15, -0.1) is 0 Å². The number of esters is 1. The second-order valence-corrected chi connectivity index (χ2v) is 6.71. The van der Waals surface area contributed by atoms with Crippen LogP contribution in [0.5, 0.6) is 5.75 Å². The highest BCUT2D eigenvalue weighted by atomic mass is 19.4. The maximum Gasteiger partial charge on any atom is 0.435 e. The van der Waals surface area contributed by atoms with E-state index in [1.165, 1.54) is 7.11 Å². The van der Waals surface area contributed by atoms with Crippen LogP contribution in [-0.4, -0.2) is 45.9 Å². The predicted octanol–water partition coefficient (Wildman–Crippen LogP) is 2.76. The summed E-state index contributed by atoms with van der Waals surface area (Å²) in [5.74, 6) is -0.00234. The van der Waals surface area contributed by atoms with Crippen LogP contribution < -0.4 is 10.3 Å². The van der Waals surface area contributed by atoms with Crippen molar-refractivity contribution in [3.63, 3.8) is 0 Å². The molecule has 176 valence electrons. The summed E-state index contributed by atoms with van der Waals surface area (Å²) in [6.07, 6.45) is -1.55. The van der Waals surface area contributed by atoms with Gasteiger partial charge in [-0.05, 0) is 24.6 Å². The molecule has 12 heteroatoms. The van der Waals surface area contributed by atoms with Gasteiger partial charge in [0.05, 0.1) is 50.9 Å². The molecule has 9 nitrogen and oxygen atoms in total. The standard InChI is InChI=1S/C21H21F3N4O5/c1-3-33-17(29)8-10-32-11-9-27-16-12-25-28(13-14-4-6-15(31-2)7-5-14)20(30)18(16)19(26-27)21(22,23)24/h4-8,10,12H,3,9,11,13H2,1-2H3/b10-8+. The molecule has 0 bridgehead atoms. The lowest BCUT2D eigenvalue weighted by Gasteiger charge is -2.07. The summed E-state index contributed by atoms with van der Waals surface area (Å²) in [5, 5.41) is 7.02. The third-order valence-electron chi connectivity index (χ3n) is 4.53. The van der Waals surface area contributed by atoms with E-state index >= 15 is 0 Å². The van der Waals surface area contributed by atoms with Crippen LogP contribution in [0.3, 0.4) is 0 Å². The molecule has 0 N–H and O–H groups in total. The zero-order valence-electron chi connectivity index (χ0n) is 17.8. The van der Waals surface area contributed by atoms with Gasteiger partial charge in [-0.25, -0.2) is 9.48 Å². The minimum Gasteiger partial charge on any atom is -0.499 e. The fourth-order valence-electron chi connectivity index (χ4n) is 3.01. The number of fused-ring (bicyclic) bond motifs is 1. The van der Waals surface area contributed by atoms with Crippen LogP contribution in [0.25, 0.3) is 10.9 Å². The topological polar surface area (TPSA) is 97.5 Å². The first-order valence-corrected chi connectivity index (χ1v) is 9.86. The van der Waals surface area contributed by atoms with E-state index in [1.807, 2.05) is 0 Å². The summed E-state index contributed by atoms with van der Waals surface area (Å²) in [6, 6.07) is 6.72. The van der Waals surface area contributed by atoms with Crippen molar-refractivity contribution in [2.45, 2.75) is 26.2 Å². The maximum atomic E-state index is 13.6. The van der Waals surface area contributed by atoms with Crippen molar-refractivity contribution >= 4 is 16.9 Å². The largest absolute Gasteiger partial charge is 0.499 e. The Kier molecular flexibility index (Phi) is 7.36. The highest BCUT2D eigenvalue weighted by molar-refractivity contribution is 5.81. The molecule has 0 fully saturated rings. The van der Waals surface area contributed by atoms with Gasteiger partial charge >= 0.3 is 12.1 Å².